The molecule has 0 spiro atoms. The van der Waals surface area contributed by atoms with Crippen LogP contribution in [-0.2, 0) is 39.4 Å². The van der Waals surface area contributed by atoms with E-state index in [0.717, 1.165) is 24.9 Å². The third kappa shape index (κ3) is 10.6. The summed E-state index contributed by atoms with van der Waals surface area (Å²) >= 11 is 0. The molecule has 0 radical (unpaired) electrons. The van der Waals surface area contributed by atoms with Gasteiger partial charge in [0.15, 0.2) is 0 Å². The molecule has 0 N–H and O–H groups in total. The van der Waals surface area contributed by atoms with Crippen molar-refractivity contribution in [1.29, 1.82) is 0 Å². The zero-order valence-electron chi connectivity index (χ0n) is 25.8. The van der Waals surface area contributed by atoms with Crippen molar-refractivity contribution >= 4 is 39.2 Å². The molecule has 0 amide bonds. The van der Waals surface area contributed by atoms with Crippen molar-refractivity contribution in [2.24, 2.45) is 0 Å². The van der Waals surface area contributed by atoms with Gasteiger partial charge >= 0.3 is 17.6 Å². The first-order valence-corrected chi connectivity index (χ1v) is 20.7. The minimum Gasteiger partial charge on any atom is -0.374 e. The van der Waals surface area contributed by atoms with E-state index < -0.39 is 17.6 Å². The third-order valence-electron chi connectivity index (χ3n) is 6.50. The van der Waals surface area contributed by atoms with Crippen molar-refractivity contribution in [2.75, 3.05) is 39.6 Å². The monoisotopic (exact) mass is 626 g/mol. The molecule has 0 saturated heterocycles. The Morgan fingerprint density at radius 3 is 1.07 bits per heavy atom. The highest BCUT2D eigenvalue weighted by Crippen LogP contribution is 2.43. The summed E-state index contributed by atoms with van der Waals surface area (Å²) in [6.45, 7) is 20.0. The SMILES string of the molecule is CCO[Si](CCc1c(C)cccc1SSc1cccc(C)c1CC[Si](OCC)(OCC)OCC)(OCC)OCC. The number of hydrogen-bond acceptors (Lipinski definition) is 8. The Bertz CT molecular complexity index is 897. The van der Waals surface area contributed by atoms with Crippen LogP contribution >= 0.6 is 21.6 Å². The van der Waals surface area contributed by atoms with Crippen LogP contribution < -0.4 is 0 Å². The Morgan fingerprint density at radius 1 is 0.500 bits per heavy atom. The van der Waals surface area contributed by atoms with E-state index in [9.17, 15) is 0 Å². The zero-order chi connectivity index (χ0) is 29.4. The molecule has 0 aromatic heterocycles. The van der Waals surface area contributed by atoms with Gasteiger partial charge in [0, 0.05) is 61.5 Å². The van der Waals surface area contributed by atoms with E-state index in [0.29, 0.717) is 39.6 Å². The molecule has 0 aliphatic carbocycles. The van der Waals surface area contributed by atoms with Crippen LogP contribution in [-0.4, -0.2) is 57.3 Å². The summed E-state index contributed by atoms with van der Waals surface area (Å²) in [7, 11) is -1.81. The fourth-order valence-corrected chi connectivity index (χ4v) is 12.6. The summed E-state index contributed by atoms with van der Waals surface area (Å²) in [6.07, 6.45) is 1.71. The molecule has 2 rings (SSSR count). The fourth-order valence-electron chi connectivity index (χ4n) is 4.80. The number of aryl methyl sites for hydroxylation is 2. The van der Waals surface area contributed by atoms with E-state index in [-0.39, 0.29) is 0 Å². The first-order valence-electron chi connectivity index (χ1n) is 14.7. The van der Waals surface area contributed by atoms with Gasteiger partial charge in [0.1, 0.15) is 0 Å². The van der Waals surface area contributed by atoms with Crippen LogP contribution in [0.5, 0.6) is 0 Å². The molecule has 0 saturated carbocycles. The molecule has 2 aromatic carbocycles. The molecule has 0 bridgehead atoms. The lowest BCUT2D eigenvalue weighted by Gasteiger charge is -2.29. The minimum atomic E-state index is -2.72. The zero-order valence-corrected chi connectivity index (χ0v) is 29.4. The normalized spacial score (nSPS) is 12.3. The van der Waals surface area contributed by atoms with Gasteiger partial charge in [0.2, 0.25) is 0 Å². The standard InChI is InChI=1S/C30H50O6S2Si2/c1-9-31-39(32-10-2,33-11-3)23-21-27-25(7)17-15-19-29(27)37-38-30-20-16-18-26(8)28(30)22-24-40(34-12-4,35-13-5)36-14-6/h15-20H,9-14,21-24H2,1-8H3. The van der Waals surface area contributed by atoms with E-state index >= 15 is 0 Å². The summed E-state index contributed by atoms with van der Waals surface area (Å²) in [5, 5.41) is 0. The van der Waals surface area contributed by atoms with Gasteiger partial charge in [-0.3, -0.25) is 0 Å². The van der Waals surface area contributed by atoms with Gasteiger partial charge in [-0.2, -0.15) is 0 Å². The highest BCUT2D eigenvalue weighted by atomic mass is 33.1. The molecule has 6 nitrogen and oxygen atoms in total. The largest absolute Gasteiger partial charge is 0.501 e. The Labute approximate surface area is 253 Å². The van der Waals surface area contributed by atoms with E-state index in [1.807, 2.05) is 63.1 Å². The molecule has 0 atom stereocenters. The quantitative estimate of drug-likeness (QED) is 0.101. The van der Waals surface area contributed by atoms with Crippen molar-refractivity contribution in [3.05, 3.63) is 58.7 Å². The molecular formula is C30H50O6S2Si2. The molecule has 0 heterocycles. The Balaban J connectivity index is 2.25. The van der Waals surface area contributed by atoms with E-state index in [1.165, 1.54) is 32.0 Å². The third-order valence-corrected chi connectivity index (χ3v) is 15.1. The molecule has 40 heavy (non-hydrogen) atoms. The minimum absolute atomic E-state index is 0.591. The summed E-state index contributed by atoms with van der Waals surface area (Å²) in [5.74, 6) is 0. The lowest BCUT2D eigenvalue weighted by Crippen LogP contribution is -2.46. The van der Waals surface area contributed by atoms with Gasteiger partial charge in [-0.05, 0) is 103 Å². The Hall–Kier alpha value is -0.666. The highest BCUT2D eigenvalue weighted by molar-refractivity contribution is 8.76. The molecule has 0 aliphatic rings. The maximum Gasteiger partial charge on any atom is 0.501 e. The van der Waals surface area contributed by atoms with Gasteiger partial charge in [-0.15, -0.1) is 0 Å². The summed E-state index contributed by atoms with van der Waals surface area (Å²) in [6, 6.07) is 14.6. The molecule has 0 fully saturated rings. The second-order valence-corrected chi connectivity index (χ2v) is 16.9. The highest BCUT2D eigenvalue weighted by Gasteiger charge is 2.41. The van der Waals surface area contributed by atoms with Gasteiger partial charge in [0.25, 0.3) is 0 Å². The van der Waals surface area contributed by atoms with Crippen LogP contribution in [0, 0.1) is 13.8 Å². The van der Waals surface area contributed by atoms with Crippen molar-refractivity contribution in [1.82, 2.24) is 0 Å². The molecule has 10 heteroatoms. The Morgan fingerprint density at radius 2 is 0.800 bits per heavy atom. The second-order valence-electron chi connectivity index (χ2n) is 9.23. The lowest BCUT2D eigenvalue weighted by molar-refractivity contribution is 0.0705. The first-order chi connectivity index (χ1) is 19.3. The van der Waals surface area contributed by atoms with Crippen LogP contribution in [0.3, 0.4) is 0 Å². The van der Waals surface area contributed by atoms with Gasteiger partial charge in [-0.1, -0.05) is 45.9 Å². The average Bonchev–Trinajstić information content (AvgIpc) is 2.92. The Kier molecular flexibility index (Phi) is 16.7. The van der Waals surface area contributed by atoms with Gasteiger partial charge in [-0.25, -0.2) is 0 Å². The van der Waals surface area contributed by atoms with Crippen LogP contribution in [0.25, 0.3) is 0 Å². The van der Waals surface area contributed by atoms with Crippen LogP contribution in [0.1, 0.15) is 63.8 Å². The van der Waals surface area contributed by atoms with Crippen molar-refractivity contribution < 1.29 is 26.6 Å². The molecular weight excluding hydrogens is 577 g/mol. The lowest BCUT2D eigenvalue weighted by atomic mass is 10.1. The maximum absolute atomic E-state index is 6.13. The molecule has 0 unspecified atom stereocenters. The van der Waals surface area contributed by atoms with Crippen molar-refractivity contribution in [3.63, 3.8) is 0 Å². The number of hydrogen-bond donors (Lipinski definition) is 0. The van der Waals surface area contributed by atoms with Crippen LogP contribution in [0.2, 0.25) is 12.1 Å². The molecule has 226 valence electrons. The molecule has 0 aliphatic heterocycles. The van der Waals surface area contributed by atoms with Crippen LogP contribution in [0.4, 0.5) is 0 Å². The predicted molar refractivity (Wildman–Crippen MR) is 172 cm³/mol. The topological polar surface area (TPSA) is 55.4 Å². The van der Waals surface area contributed by atoms with Gasteiger partial charge < -0.3 is 26.6 Å². The number of benzene rings is 2. The van der Waals surface area contributed by atoms with E-state index in [4.69, 9.17) is 26.6 Å². The summed E-state index contributed by atoms with van der Waals surface area (Å²) in [4.78, 5) is 2.54. The van der Waals surface area contributed by atoms with E-state index in [2.05, 4.69) is 50.2 Å². The smallest absolute Gasteiger partial charge is 0.374 e. The van der Waals surface area contributed by atoms with Crippen LogP contribution in [0.15, 0.2) is 46.2 Å². The summed E-state index contributed by atoms with van der Waals surface area (Å²) in [5.41, 5.74) is 5.23. The van der Waals surface area contributed by atoms with E-state index in [1.54, 1.807) is 0 Å². The fraction of sp³-hybridized carbons (Fsp3) is 0.600. The first kappa shape index (κ1) is 35.5. The summed E-state index contributed by atoms with van der Waals surface area (Å²) < 4.78 is 36.8. The number of rotatable bonds is 21. The molecule has 2 aromatic rings. The predicted octanol–water partition coefficient (Wildman–Crippen LogP) is 8.28. The van der Waals surface area contributed by atoms with Crippen molar-refractivity contribution in [2.45, 2.75) is 90.1 Å². The second kappa shape index (κ2) is 18.8. The van der Waals surface area contributed by atoms with Crippen molar-refractivity contribution in [3.8, 4) is 0 Å². The average molecular weight is 627 g/mol. The maximum atomic E-state index is 6.13. The van der Waals surface area contributed by atoms with Gasteiger partial charge in [0.05, 0.1) is 0 Å².